The Hall–Kier alpha value is -1.76. The molecule has 0 bridgehead atoms. The average Bonchev–Trinajstić information content (AvgIpc) is 2.61. The van der Waals surface area contributed by atoms with E-state index in [0.29, 0.717) is 18.6 Å². The summed E-state index contributed by atoms with van der Waals surface area (Å²) in [5.74, 6) is 2.21. The highest BCUT2D eigenvalue weighted by molar-refractivity contribution is 5.88. The standard InChI is InChI=1S/C12H16N2O2/c1-5-6-12(2,3)9-16-11(15)10-7-13-14(4)8-10/h1,7-8H,6,9H2,2-4H3. The van der Waals surface area contributed by atoms with Crippen LogP contribution in [0.2, 0.25) is 0 Å². The minimum Gasteiger partial charge on any atom is -0.461 e. The van der Waals surface area contributed by atoms with Gasteiger partial charge in [0.25, 0.3) is 0 Å². The lowest BCUT2D eigenvalue weighted by molar-refractivity contribution is 0.0348. The van der Waals surface area contributed by atoms with Gasteiger partial charge in [-0.2, -0.15) is 5.10 Å². The van der Waals surface area contributed by atoms with Crippen LogP contribution in [-0.4, -0.2) is 22.4 Å². The Morgan fingerprint density at radius 1 is 1.69 bits per heavy atom. The fourth-order valence-corrected chi connectivity index (χ4v) is 1.20. The Kier molecular flexibility index (Phi) is 3.73. The predicted molar refractivity (Wildman–Crippen MR) is 60.7 cm³/mol. The van der Waals surface area contributed by atoms with E-state index in [1.54, 1.807) is 17.9 Å². The van der Waals surface area contributed by atoms with Gasteiger partial charge >= 0.3 is 5.97 Å². The SMILES string of the molecule is C#CCC(C)(C)COC(=O)c1cnn(C)c1. The van der Waals surface area contributed by atoms with E-state index < -0.39 is 0 Å². The maximum absolute atomic E-state index is 11.6. The van der Waals surface area contributed by atoms with Crippen molar-refractivity contribution in [2.24, 2.45) is 12.5 Å². The lowest BCUT2D eigenvalue weighted by atomic mass is 9.91. The number of nitrogens with zero attached hydrogens (tertiary/aromatic N) is 2. The molecule has 0 spiro atoms. The van der Waals surface area contributed by atoms with Gasteiger partial charge in [0.05, 0.1) is 18.4 Å². The average molecular weight is 220 g/mol. The molecule has 4 heteroatoms. The molecule has 0 aromatic carbocycles. The molecular weight excluding hydrogens is 204 g/mol. The Morgan fingerprint density at radius 3 is 2.88 bits per heavy atom. The van der Waals surface area contributed by atoms with Crippen molar-refractivity contribution in [1.29, 1.82) is 0 Å². The Morgan fingerprint density at radius 2 is 2.38 bits per heavy atom. The minimum atomic E-state index is -0.363. The van der Waals surface area contributed by atoms with E-state index in [1.165, 1.54) is 6.20 Å². The van der Waals surface area contributed by atoms with Crippen molar-refractivity contribution in [3.63, 3.8) is 0 Å². The van der Waals surface area contributed by atoms with Gasteiger partial charge in [-0.3, -0.25) is 4.68 Å². The first kappa shape index (κ1) is 12.3. The number of rotatable bonds is 4. The first-order valence-electron chi connectivity index (χ1n) is 5.04. The first-order valence-corrected chi connectivity index (χ1v) is 5.04. The van der Waals surface area contributed by atoms with E-state index in [-0.39, 0.29) is 11.4 Å². The number of hydrogen-bond acceptors (Lipinski definition) is 3. The summed E-state index contributed by atoms with van der Waals surface area (Å²) >= 11 is 0. The molecule has 0 aliphatic heterocycles. The van der Waals surface area contributed by atoms with Gasteiger partial charge in [0, 0.05) is 25.1 Å². The molecule has 1 aromatic rings. The van der Waals surface area contributed by atoms with Gasteiger partial charge in [-0.05, 0) is 0 Å². The van der Waals surface area contributed by atoms with E-state index in [2.05, 4.69) is 11.0 Å². The first-order chi connectivity index (χ1) is 7.44. The highest BCUT2D eigenvalue weighted by atomic mass is 16.5. The Bertz CT molecular complexity index is 413. The second-order valence-corrected chi connectivity index (χ2v) is 4.52. The molecule has 0 N–H and O–H groups in total. The molecule has 0 atom stereocenters. The number of carbonyl (C=O) groups excluding carboxylic acids is 1. The van der Waals surface area contributed by atoms with E-state index >= 15 is 0 Å². The number of terminal acetylenes is 1. The highest BCUT2D eigenvalue weighted by Gasteiger charge is 2.20. The monoisotopic (exact) mass is 220 g/mol. The minimum absolute atomic E-state index is 0.188. The molecule has 0 aliphatic carbocycles. The van der Waals surface area contributed by atoms with Gasteiger partial charge < -0.3 is 4.74 Å². The second kappa shape index (κ2) is 4.84. The maximum Gasteiger partial charge on any atom is 0.341 e. The number of ether oxygens (including phenoxy) is 1. The molecule has 0 saturated heterocycles. The topological polar surface area (TPSA) is 44.1 Å². The molecule has 0 saturated carbocycles. The van der Waals surface area contributed by atoms with Gasteiger partial charge in [0.15, 0.2) is 0 Å². The Labute approximate surface area is 95.6 Å². The van der Waals surface area contributed by atoms with Gasteiger partial charge in [-0.15, -0.1) is 12.3 Å². The van der Waals surface area contributed by atoms with Crippen LogP contribution in [0.25, 0.3) is 0 Å². The number of aromatic nitrogens is 2. The molecule has 4 nitrogen and oxygen atoms in total. The van der Waals surface area contributed by atoms with Crippen LogP contribution in [0.1, 0.15) is 30.6 Å². The number of aryl methyl sites for hydroxylation is 1. The molecule has 1 rings (SSSR count). The summed E-state index contributed by atoms with van der Waals surface area (Å²) in [6.45, 7) is 4.23. The summed E-state index contributed by atoms with van der Waals surface area (Å²) < 4.78 is 6.73. The third kappa shape index (κ3) is 3.43. The predicted octanol–water partition coefficient (Wildman–Crippen LogP) is 1.63. The van der Waals surface area contributed by atoms with Crippen LogP contribution in [0.4, 0.5) is 0 Å². The number of esters is 1. The van der Waals surface area contributed by atoms with E-state index in [4.69, 9.17) is 11.2 Å². The van der Waals surface area contributed by atoms with Crippen molar-refractivity contribution in [3.8, 4) is 12.3 Å². The zero-order chi connectivity index (χ0) is 12.2. The smallest absolute Gasteiger partial charge is 0.341 e. The van der Waals surface area contributed by atoms with Gasteiger partial charge in [0.1, 0.15) is 0 Å². The quantitative estimate of drug-likeness (QED) is 0.572. The van der Waals surface area contributed by atoms with Crippen molar-refractivity contribution in [2.75, 3.05) is 6.61 Å². The molecule has 16 heavy (non-hydrogen) atoms. The summed E-state index contributed by atoms with van der Waals surface area (Å²) in [6.07, 6.45) is 8.91. The van der Waals surface area contributed by atoms with Crippen LogP contribution in [0, 0.1) is 17.8 Å². The van der Waals surface area contributed by atoms with E-state index in [9.17, 15) is 4.79 Å². The number of hydrogen-bond donors (Lipinski definition) is 0. The van der Waals surface area contributed by atoms with Crippen molar-refractivity contribution in [1.82, 2.24) is 9.78 Å². The molecule has 1 aromatic heterocycles. The van der Waals surface area contributed by atoms with Crippen LogP contribution < -0.4 is 0 Å². The van der Waals surface area contributed by atoms with Crippen molar-refractivity contribution < 1.29 is 9.53 Å². The zero-order valence-electron chi connectivity index (χ0n) is 9.86. The summed E-state index contributed by atoms with van der Waals surface area (Å²) in [5.41, 5.74) is 0.270. The van der Waals surface area contributed by atoms with Crippen LogP contribution >= 0.6 is 0 Å². The molecule has 0 fully saturated rings. The summed E-state index contributed by atoms with van der Waals surface area (Å²) in [4.78, 5) is 11.6. The molecular formula is C12H16N2O2. The van der Waals surface area contributed by atoms with E-state index in [0.717, 1.165) is 0 Å². The van der Waals surface area contributed by atoms with Crippen LogP contribution in [0.15, 0.2) is 12.4 Å². The second-order valence-electron chi connectivity index (χ2n) is 4.52. The van der Waals surface area contributed by atoms with Gasteiger partial charge in [-0.25, -0.2) is 4.79 Å². The molecule has 0 radical (unpaired) electrons. The molecule has 0 amide bonds. The molecule has 0 aliphatic rings. The lowest BCUT2D eigenvalue weighted by Gasteiger charge is -2.20. The molecule has 86 valence electrons. The largest absolute Gasteiger partial charge is 0.461 e. The van der Waals surface area contributed by atoms with Crippen LogP contribution in [0.5, 0.6) is 0 Å². The summed E-state index contributed by atoms with van der Waals surface area (Å²) in [6, 6.07) is 0. The van der Waals surface area contributed by atoms with Gasteiger partial charge in [-0.1, -0.05) is 13.8 Å². The molecule has 1 heterocycles. The fraction of sp³-hybridized carbons (Fsp3) is 0.500. The third-order valence-corrected chi connectivity index (χ3v) is 2.12. The summed E-state index contributed by atoms with van der Waals surface area (Å²) in [5, 5.41) is 3.90. The van der Waals surface area contributed by atoms with Crippen LogP contribution in [-0.2, 0) is 11.8 Å². The van der Waals surface area contributed by atoms with Gasteiger partial charge in [0.2, 0.25) is 0 Å². The number of carbonyl (C=O) groups is 1. The Balaban J connectivity index is 2.51. The van der Waals surface area contributed by atoms with Crippen molar-refractivity contribution in [3.05, 3.63) is 18.0 Å². The zero-order valence-corrected chi connectivity index (χ0v) is 9.86. The fourth-order valence-electron chi connectivity index (χ4n) is 1.20. The molecule has 0 unspecified atom stereocenters. The third-order valence-electron chi connectivity index (χ3n) is 2.12. The van der Waals surface area contributed by atoms with E-state index in [1.807, 2.05) is 13.8 Å². The normalized spacial score (nSPS) is 10.9. The highest BCUT2D eigenvalue weighted by Crippen LogP contribution is 2.20. The van der Waals surface area contributed by atoms with Crippen molar-refractivity contribution in [2.45, 2.75) is 20.3 Å². The van der Waals surface area contributed by atoms with Crippen LogP contribution in [0.3, 0.4) is 0 Å². The van der Waals surface area contributed by atoms with Crippen molar-refractivity contribution >= 4 is 5.97 Å². The lowest BCUT2D eigenvalue weighted by Crippen LogP contribution is -2.21. The maximum atomic E-state index is 11.6. The summed E-state index contributed by atoms with van der Waals surface area (Å²) in [7, 11) is 1.75.